The third kappa shape index (κ3) is 16.1. The first-order valence-corrected chi connectivity index (χ1v) is 20.4. The highest BCUT2D eigenvalue weighted by atomic mass is 79.9. The number of nitrogens with zero attached hydrogens (tertiary/aromatic N) is 1. The minimum absolute atomic E-state index is 0. The Bertz CT molecular complexity index is 709. The van der Waals surface area contributed by atoms with Crippen LogP contribution < -0.4 is 0 Å². The number of amides is 2. The van der Waals surface area contributed by atoms with E-state index in [4.69, 9.17) is 0 Å². The van der Waals surface area contributed by atoms with E-state index in [1.54, 1.807) is 4.90 Å². The highest BCUT2D eigenvalue weighted by molar-refractivity contribution is 9.08. The summed E-state index contributed by atoms with van der Waals surface area (Å²) in [4.78, 5) is 28.4. The molecule has 5 heteroatoms. The second-order valence-corrected chi connectivity index (χ2v) is 15.8. The molecule has 1 aliphatic heterocycles. The first-order valence-electron chi connectivity index (χ1n) is 16.3. The van der Waals surface area contributed by atoms with Gasteiger partial charge < -0.3 is 0 Å². The average Bonchev–Trinajstić information content (AvgIpc) is 3.20. The van der Waals surface area contributed by atoms with Gasteiger partial charge in [0.25, 0.3) is 11.8 Å². The van der Waals surface area contributed by atoms with E-state index >= 15 is 0 Å². The second kappa shape index (κ2) is 26.9. The van der Waals surface area contributed by atoms with Crippen molar-refractivity contribution >= 4 is 35.0 Å². The molecule has 0 saturated heterocycles. The lowest BCUT2D eigenvalue weighted by molar-refractivity contribution is 0.0681. The quantitative estimate of drug-likeness (QED) is 0.0508. The maximum atomic E-state index is 13.4. The van der Waals surface area contributed by atoms with Crippen LogP contribution in [-0.4, -0.2) is 47.3 Å². The van der Waals surface area contributed by atoms with Gasteiger partial charge in [0.15, 0.2) is 0 Å². The number of halogens is 1. The summed E-state index contributed by atoms with van der Waals surface area (Å²) in [6, 6.07) is 7.45. The number of carbonyl (C=O) groups excluding carboxylic acids is 2. The van der Waals surface area contributed by atoms with Gasteiger partial charge in [-0.2, -0.15) is 0 Å². The molecule has 0 unspecified atom stereocenters. The number of imide groups is 1. The fourth-order valence-corrected chi connectivity index (χ4v) is 10.5. The standard InChI is InChI=1S/C33H57NO2P.CH3Br.2CH4/c1-4-7-10-13-16-21-26-37(27-22-17-14-11-8-5-2,28-23-18-15-12-9-6-3)29-34-32(35)30-24-19-20-25-31(30)33(34)36;1-2;;/h19-20,24-25H,4-18,21-23,26-29H2,1-3H3;1H3;2*1H4/q+1;;;. The van der Waals surface area contributed by atoms with Gasteiger partial charge in [-0.15, -0.1) is 0 Å². The summed E-state index contributed by atoms with van der Waals surface area (Å²) in [6.07, 6.45) is 28.1. The molecule has 2 amide bonds. The van der Waals surface area contributed by atoms with Gasteiger partial charge in [0.2, 0.25) is 0 Å². The monoisotopic (exact) mass is 656 g/mol. The van der Waals surface area contributed by atoms with E-state index < -0.39 is 7.26 Å². The summed E-state index contributed by atoms with van der Waals surface area (Å²) < 4.78 is 0. The Morgan fingerprint density at radius 2 is 0.829 bits per heavy atom. The zero-order valence-electron chi connectivity index (χ0n) is 26.0. The fourth-order valence-electron chi connectivity index (χ4n) is 5.90. The van der Waals surface area contributed by atoms with Gasteiger partial charge in [-0.25, -0.2) is 4.90 Å². The molecule has 0 atom stereocenters. The summed E-state index contributed by atoms with van der Waals surface area (Å²) in [7, 11) is -1.43. The third-order valence-corrected chi connectivity index (χ3v) is 13.0. The Balaban J connectivity index is 0. The van der Waals surface area contributed by atoms with Gasteiger partial charge in [-0.05, 0) is 56.5 Å². The topological polar surface area (TPSA) is 37.4 Å². The Morgan fingerprint density at radius 1 is 0.537 bits per heavy atom. The zero-order valence-corrected chi connectivity index (χ0v) is 28.4. The van der Waals surface area contributed by atoms with E-state index in [1.165, 1.54) is 134 Å². The SMILES string of the molecule is C.C.CBr.CCCCCCCC[P+](CCCCCCCC)(CCCCCCCC)CN1C(=O)c2ccccc2C1=O. The van der Waals surface area contributed by atoms with Crippen molar-refractivity contribution in [1.29, 1.82) is 0 Å². The Morgan fingerprint density at radius 3 is 1.15 bits per heavy atom. The molecule has 0 spiro atoms. The van der Waals surface area contributed by atoms with Crippen molar-refractivity contribution in [2.75, 3.05) is 30.6 Å². The van der Waals surface area contributed by atoms with Crippen molar-refractivity contribution < 1.29 is 9.59 Å². The summed E-state index contributed by atoms with van der Waals surface area (Å²) in [6.45, 7) is 6.83. The van der Waals surface area contributed by atoms with Crippen LogP contribution in [0.1, 0.15) is 172 Å². The molecule has 240 valence electrons. The van der Waals surface area contributed by atoms with Gasteiger partial charge in [-0.1, -0.05) is 141 Å². The second-order valence-electron chi connectivity index (χ2n) is 11.5. The molecule has 0 aromatic heterocycles. The van der Waals surface area contributed by atoms with Crippen LogP contribution in [-0.2, 0) is 0 Å². The normalized spacial score (nSPS) is 12.4. The van der Waals surface area contributed by atoms with Crippen LogP contribution in [0.25, 0.3) is 0 Å². The van der Waals surface area contributed by atoms with Crippen molar-refractivity contribution in [3.05, 3.63) is 35.4 Å². The van der Waals surface area contributed by atoms with E-state index in [0.29, 0.717) is 11.1 Å². The molecular formula is C36H68BrNO2P+. The fraction of sp³-hybridized carbons (Fsp3) is 0.778. The van der Waals surface area contributed by atoms with Crippen LogP contribution in [0.5, 0.6) is 0 Å². The molecule has 0 saturated carbocycles. The van der Waals surface area contributed by atoms with Crippen LogP contribution in [0, 0.1) is 0 Å². The van der Waals surface area contributed by atoms with E-state index in [-0.39, 0.29) is 26.7 Å². The summed E-state index contributed by atoms with van der Waals surface area (Å²) in [5, 5.41) is 0. The third-order valence-electron chi connectivity index (χ3n) is 8.28. The number of benzene rings is 1. The number of rotatable bonds is 23. The Labute approximate surface area is 265 Å². The van der Waals surface area contributed by atoms with Crippen LogP contribution in [0.3, 0.4) is 0 Å². The van der Waals surface area contributed by atoms with Crippen molar-refractivity contribution in [3.8, 4) is 0 Å². The van der Waals surface area contributed by atoms with Crippen LogP contribution >= 0.6 is 23.2 Å². The molecular weight excluding hydrogens is 589 g/mol. The molecule has 1 aromatic rings. The van der Waals surface area contributed by atoms with Crippen molar-refractivity contribution in [3.63, 3.8) is 0 Å². The summed E-state index contributed by atoms with van der Waals surface area (Å²) in [5.74, 6) is 1.73. The van der Waals surface area contributed by atoms with Gasteiger partial charge in [0.05, 0.1) is 29.6 Å². The van der Waals surface area contributed by atoms with Crippen molar-refractivity contribution in [1.82, 2.24) is 4.90 Å². The average molecular weight is 658 g/mol. The largest absolute Gasteiger partial charge is 0.268 e. The molecule has 0 radical (unpaired) electrons. The molecule has 3 nitrogen and oxygen atoms in total. The summed E-state index contributed by atoms with van der Waals surface area (Å²) in [5.41, 5.74) is 1.23. The van der Waals surface area contributed by atoms with Crippen LogP contribution in [0.15, 0.2) is 24.3 Å². The molecule has 2 rings (SSSR count). The van der Waals surface area contributed by atoms with E-state index in [9.17, 15) is 9.59 Å². The van der Waals surface area contributed by atoms with Gasteiger partial charge in [0, 0.05) is 7.26 Å². The predicted octanol–water partition coefficient (Wildman–Crippen LogP) is 12.6. The molecule has 0 N–H and O–H groups in total. The lowest BCUT2D eigenvalue weighted by Gasteiger charge is -2.31. The maximum Gasteiger partial charge on any atom is 0.264 e. The van der Waals surface area contributed by atoms with Gasteiger partial charge in [-0.3, -0.25) is 9.59 Å². The van der Waals surface area contributed by atoms with Crippen molar-refractivity contribution in [2.45, 2.75) is 151 Å². The zero-order chi connectivity index (χ0) is 28.8. The molecule has 0 fully saturated rings. The molecule has 0 bridgehead atoms. The predicted molar refractivity (Wildman–Crippen MR) is 192 cm³/mol. The number of fused-ring (bicyclic) bond motifs is 1. The van der Waals surface area contributed by atoms with Gasteiger partial charge >= 0.3 is 0 Å². The minimum atomic E-state index is -1.43. The van der Waals surface area contributed by atoms with E-state index in [2.05, 4.69) is 36.7 Å². The molecule has 0 aliphatic carbocycles. The summed E-state index contributed by atoms with van der Waals surface area (Å²) >= 11 is 2.94. The van der Waals surface area contributed by atoms with Crippen LogP contribution in [0.4, 0.5) is 0 Å². The molecule has 1 heterocycles. The Kier molecular flexibility index (Phi) is 27.8. The van der Waals surface area contributed by atoms with Crippen molar-refractivity contribution in [2.24, 2.45) is 0 Å². The number of alkyl halides is 1. The molecule has 1 aliphatic rings. The molecule has 1 aromatic carbocycles. The first-order chi connectivity index (χ1) is 19.1. The Hall–Kier alpha value is -0.730. The lowest BCUT2D eigenvalue weighted by Crippen LogP contribution is -2.34. The molecule has 41 heavy (non-hydrogen) atoms. The van der Waals surface area contributed by atoms with E-state index in [1.807, 2.05) is 30.1 Å². The van der Waals surface area contributed by atoms with Crippen LogP contribution in [0.2, 0.25) is 0 Å². The highest BCUT2D eigenvalue weighted by Crippen LogP contribution is 2.62. The minimum Gasteiger partial charge on any atom is -0.268 e. The lowest BCUT2D eigenvalue weighted by atomic mass is 10.1. The van der Waals surface area contributed by atoms with Gasteiger partial charge in [0.1, 0.15) is 6.29 Å². The van der Waals surface area contributed by atoms with E-state index in [0.717, 1.165) is 6.29 Å². The first kappa shape index (κ1) is 42.4. The number of unbranched alkanes of at least 4 members (excludes halogenated alkanes) is 15. The number of hydrogen-bond donors (Lipinski definition) is 0. The highest BCUT2D eigenvalue weighted by Gasteiger charge is 2.45. The smallest absolute Gasteiger partial charge is 0.264 e. The maximum absolute atomic E-state index is 13.4. The number of carbonyl (C=O) groups is 2. The number of hydrogen-bond acceptors (Lipinski definition) is 2.